The van der Waals surface area contributed by atoms with Crippen LogP contribution in [-0.4, -0.2) is 24.2 Å². The number of anilines is 1. The second-order valence-electron chi connectivity index (χ2n) is 7.78. The maximum Gasteiger partial charge on any atom is 0.246 e. The van der Waals surface area contributed by atoms with Gasteiger partial charge in [-0.25, -0.2) is 13.1 Å². The molecule has 1 saturated carbocycles. The van der Waals surface area contributed by atoms with Crippen LogP contribution in [0.5, 0.6) is 0 Å². The van der Waals surface area contributed by atoms with E-state index < -0.39 is 10.0 Å². The Morgan fingerprint density at radius 2 is 1.81 bits per heavy atom. The van der Waals surface area contributed by atoms with Crippen LogP contribution in [0.25, 0.3) is 0 Å². The minimum absolute atomic E-state index is 0.0410. The molecule has 1 aromatic rings. The zero-order valence-electron chi connectivity index (χ0n) is 13.5. The first-order chi connectivity index (χ1) is 9.40. The summed E-state index contributed by atoms with van der Waals surface area (Å²) < 4.78 is 29.3. The molecule has 0 aromatic carbocycles. The summed E-state index contributed by atoms with van der Waals surface area (Å²) in [7, 11) is -1.97. The van der Waals surface area contributed by atoms with Gasteiger partial charge < -0.3 is 5.73 Å². The number of sulfonamides is 1. The standard InChI is InChI=1S/C14H26N4O2S/c1-13(2)6-10(7-14(3,4)9-13)17-21(19,20)11-8-18(5)16-12(11)15/h8,10,17H,6-7,9H2,1-5H3,(H2,15,16). The van der Waals surface area contributed by atoms with Gasteiger partial charge in [0.15, 0.2) is 5.82 Å². The summed E-state index contributed by atoms with van der Waals surface area (Å²) in [5.74, 6) is 0.0410. The summed E-state index contributed by atoms with van der Waals surface area (Å²) in [6, 6.07) is -0.0756. The molecule has 1 heterocycles. The van der Waals surface area contributed by atoms with Crippen LogP contribution in [0.3, 0.4) is 0 Å². The molecule has 0 radical (unpaired) electrons. The molecule has 1 aromatic heterocycles. The monoisotopic (exact) mass is 314 g/mol. The van der Waals surface area contributed by atoms with Crippen LogP contribution in [0.15, 0.2) is 11.1 Å². The van der Waals surface area contributed by atoms with Crippen LogP contribution in [0.1, 0.15) is 47.0 Å². The van der Waals surface area contributed by atoms with Crippen molar-refractivity contribution in [1.82, 2.24) is 14.5 Å². The third kappa shape index (κ3) is 3.77. The zero-order chi connectivity index (χ0) is 16.1. The van der Waals surface area contributed by atoms with Crippen molar-refractivity contribution in [2.45, 2.75) is 57.9 Å². The van der Waals surface area contributed by atoms with Gasteiger partial charge in [-0.3, -0.25) is 4.68 Å². The molecule has 21 heavy (non-hydrogen) atoms. The fourth-order valence-corrected chi connectivity index (χ4v) is 5.24. The van der Waals surface area contributed by atoms with E-state index in [1.165, 1.54) is 10.9 Å². The Morgan fingerprint density at radius 3 is 2.24 bits per heavy atom. The van der Waals surface area contributed by atoms with Gasteiger partial charge in [0, 0.05) is 19.3 Å². The fraction of sp³-hybridized carbons (Fsp3) is 0.786. The first-order valence-corrected chi connectivity index (χ1v) is 8.70. The van der Waals surface area contributed by atoms with Gasteiger partial charge in [0.05, 0.1) is 0 Å². The van der Waals surface area contributed by atoms with Crippen molar-refractivity contribution in [3.05, 3.63) is 6.20 Å². The smallest absolute Gasteiger partial charge is 0.246 e. The summed E-state index contributed by atoms with van der Waals surface area (Å²) in [6.07, 6.45) is 4.19. The molecule has 3 N–H and O–H groups in total. The highest BCUT2D eigenvalue weighted by Gasteiger charge is 2.40. The Kier molecular flexibility index (Phi) is 3.87. The topological polar surface area (TPSA) is 90.0 Å². The number of hydrogen-bond donors (Lipinski definition) is 2. The second-order valence-corrected chi connectivity index (χ2v) is 9.47. The van der Waals surface area contributed by atoms with E-state index in [0.29, 0.717) is 0 Å². The summed E-state index contributed by atoms with van der Waals surface area (Å²) in [5, 5.41) is 3.90. The Bertz CT molecular complexity index is 615. The van der Waals surface area contributed by atoms with Gasteiger partial charge in [-0.15, -0.1) is 0 Å². The average Bonchev–Trinajstić information content (AvgIpc) is 2.52. The molecule has 0 amide bonds. The number of aryl methyl sites for hydroxylation is 1. The molecule has 0 spiro atoms. The molecule has 7 heteroatoms. The van der Waals surface area contributed by atoms with Crippen LogP contribution in [0, 0.1) is 10.8 Å². The maximum atomic E-state index is 12.5. The van der Waals surface area contributed by atoms with Crippen molar-refractivity contribution in [3.63, 3.8) is 0 Å². The number of aromatic nitrogens is 2. The second kappa shape index (κ2) is 4.98. The lowest BCUT2D eigenvalue weighted by Crippen LogP contribution is -2.45. The minimum atomic E-state index is -3.63. The molecule has 0 bridgehead atoms. The highest BCUT2D eigenvalue weighted by atomic mass is 32.2. The van der Waals surface area contributed by atoms with Crippen molar-refractivity contribution in [2.75, 3.05) is 5.73 Å². The summed E-state index contributed by atoms with van der Waals surface area (Å²) in [6.45, 7) is 8.75. The zero-order valence-corrected chi connectivity index (χ0v) is 14.3. The van der Waals surface area contributed by atoms with Gasteiger partial charge in [-0.05, 0) is 30.1 Å². The van der Waals surface area contributed by atoms with Crippen LogP contribution in [0.2, 0.25) is 0 Å². The van der Waals surface area contributed by atoms with Gasteiger partial charge in [0.2, 0.25) is 10.0 Å². The van der Waals surface area contributed by atoms with E-state index in [9.17, 15) is 8.42 Å². The van der Waals surface area contributed by atoms with E-state index in [2.05, 4.69) is 37.5 Å². The average molecular weight is 314 g/mol. The molecule has 0 unspecified atom stereocenters. The number of nitrogen functional groups attached to an aromatic ring is 1. The van der Waals surface area contributed by atoms with E-state index in [1.54, 1.807) is 7.05 Å². The van der Waals surface area contributed by atoms with E-state index >= 15 is 0 Å². The van der Waals surface area contributed by atoms with Crippen molar-refractivity contribution in [2.24, 2.45) is 17.9 Å². The van der Waals surface area contributed by atoms with E-state index in [1.807, 2.05) is 0 Å². The molecular weight excluding hydrogens is 288 g/mol. The van der Waals surface area contributed by atoms with Crippen molar-refractivity contribution >= 4 is 15.8 Å². The third-order valence-electron chi connectivity index (χ3n) is 3.99. The predicted molar refractivity (Wildman–Crippen MR) is 83.1 cm³/mol. The largest absolute Gasteiger partial charge is 0.381 e. The van der Waals surface area contributed by atoms with Crippen LogP contribution < -0.4 is 10.5 Å². The molecule has 6 nitrogen and oxygen atoms in total. The molecule has 0 atom stereocenters. The molecule has 2 rings (SSSR count). The maximum absolute atomic E-state index is 12.5. The fourth-order valence-electron chi connectivity index (χ4n) is 3.90. The Hall–Kier alpha value is -1.08. The van der Waals surface area contributed by atoms with Crippen LogP contribution in [-0.2, 0) is 17.1 Å². The van der Waals surface area contributed by atoms with Crippen LogP contribution in [0.4, 0.5) is 5.82 Å². The van der Waals surface area contributed by atoms with Gasteiger partial charge in [-0.2, -0.15) is 5.10 Å². The summed E-state index contributed by atoms with van der Waals surface area (Å²) >= 11 is 0. The highest BCUT2D eigenvalue weighted by Crippen LogP contribution is 2.45. The van der Waals surface area contributed by atoms with Gasteiger partial charge in [0.1, 0.15) is 4.90 Å². The van der Waals surface area contributed by atoms with Gasteiger partial charge in [0.25, 0.3) is 0 Å². The number of nitrogens with one attached hydrogen (secondary N) is 1. The normalized spacial score (nSPS) is 22.3. The number of hydrogen-bond acceptors (Lipinski definition) is 4. The first kappa shape index (κ1) is 16.3. The summed E-state index contributed by atoms with van der Waals surface area (Å²) in [5.41, 5.74) is 5.93. The molecule has 1 fully saturated rings. The highest BCUT2D eigenvalue weighted by molar-refractivity contribution is 7.89. The minimum Gasteiger partial charge on any atom is -0.381 e. The first-order valence-electron chi connectivity index (χ1n) is 7.22. The molecule has 0 saturated heterocycles. The Morgan fingerprint density at radius 1 is 1.29 bits per heavy atom. The summed E-state index contributed by atoms with van der Waals surface area (Å²) in [4.78, 5) is 0.0613. The van der Waals surface area contributed by atoms with E-state index in [-0.39, 0.29) is 27.6 Å². The van der Waals surface area contributed by atoms with Crippen molar-refractivity contribution < 1.29 is 8.42 Å². The quantitative estimate of drug-likeness (QED) is 0.891. The van der Waals surface area contributed by atoms with Gasteiger partial charge >= 0.3 is 0 Å². The molecule has 1 aliphatic carbocycles. The van der Waals surface area contributed by atoms with Gasteiger partial charge in [-0.1, -0.05) is 27.7 Å². The lowest BCUT2D eigenvalue weighted by molar-refractivity contribution is 0.0934. The Labute approximate surface area is 127 Å². The van der Waals surface area contributed by atoms with E-state index in [4.69, 9.17) is 5.73 Å². The molecule has 120 valence electrons. The van der Waals surface area contributed by atoms with Crippen LogP contribution >= 0.6 is 0 Å². The number of nitrogens with zero attached hydrogens (tertiary/aromatic N) is 2. The van der Waals surface area contributed by atoms with E-state index in [0.717, 1.165) is 19.3 Å². The van der Waals surface area contributed by atoms with Crippen molar-refractivity contribution in [1.29, 1.82) is 0 Å². The number of rotatable bonds is 3. The van der Waals surface area contributed by atoms with Crippen molar-refractivity contribution in [3.8, 4) is 0 Å². The predicted octanol–water partition coefficient (Wildman–Crippen LogP) is 1.89. The third-order valence-corrected chi connectivity index (χ3v) is 5.53. The molecule has 0 aliphatic heterocycles. The number of nitrogens with two attached hydrogens (primary N) is 1. The lowest BCUT2D eigenvalue weighted by Gasteiger charge is -2.44. The Balaban J connectivity index is 2.22. The molecule has 1 aliphatic rings. The molecular formula is C14H26N4O2S. The SMILES string of the molecule is Cn1cc(S(=O)(=O)NC2CC(C)(C)CC(C)(C)C2)c(N)n1. The lowest BCUT2D eigenvalue weighted by atomic mass is 9.64.